The Morgan fingerprint density at radius 3 is 2.75 bits per heavy atom. The number of ether oxygens (including phenoxy) is 1. The molecule has 28 heavy (non-hydrogen) atoms. The van der Waals surface area contributed by atoms with E-state index in [0.29, 0.717) is 12.3 Å². The van der Waals surface area contributed by atoms with Crippen LogP contribution in [-0.4, -0.2) is 45.7 Å². The van der Waals surface area contributed by atoms with Gasteiger partial charge in [0.25, 0.3) is 5.91 Å². The summed E-state index contributed by atoms with van der Waals surface area (Å²) in [5.74, 6) is 0.301. The van der Waals surface area contributed by atoms with Gasteiger partial charge in [0.1, 0.15) is 11.6 Å². The Morgan fingerprint density at radius 2 is 2.04 bits per heavy atom. The van der Waals surface area contributed by atoms with Crippen LogP contribution in [-0.2, 0) is 4.79 Å². The van der Waals surface area contributed by atoms with E-state index < -0.39 is 0 Å². The highest BCUT2D eigenvalue weighted by Gasteiger charge is 2.25. The van der Waals surface area contributed by atoms with Crippen LogP contribution in [0.4, 0.5) is 4.39 Å². The number of nitrogens with zero attached hydrogens (tertiary/aromatic N) is 3. The number of piperidine rings is 1. The first-order chi connectivity index (χ1) is 13.7. The van der Waals surface area contributed by atoms with Crippen molar-refractivity contribution in [1.82, 2.24) is 20.1 Å². The average molecular weight is 380 g/mol. The van der Waals surface area contributed by atoms with Gasteiger partial charge in [0.2, 0.25) is 0 Å². The quantitative estimate of drug-likeness (QED) is 0.736. The maximum Gasteiger partial charge on any atom is 0.260 e. The van der Waals surface area contributed by atoms with Crippen LogP contribution in [0.1, 0.15) is 24.5 Å². The van der Waals surface area contributed by atoms with Gasteiger partial charge in [-0.25, -0.2) is 4.39 Å². The van der Waals surface area contributed by atoms with Crippen LogP contribution < -0.4 is 4.74 Å². The molecule has 1 amide bonds. The van der Waals surface area contributed by atoms with Gasteiger partial charge in [0, 0.05) is 48.2 Å². The Kier molecular flexibility index (Phi) is 5.32. The molecule has 1 aliphatic rings. The van der Waals surface area contributed by atoms with Crippen LogP contribution in [0, 0.1) is 5.82 Å². The SMILES string of the molecule is O=C(COc1ccc(F)cc1)N1CCC[C@@H](c2ccc(-c3cn[nH]c3)cn2)C1. The summed E-state index contributed by atoms with van der Waals surface area (Å²) < 4.78 is 18.4. The van der Waals surface area contributed by atoms with E-state index in [9.17, 15) is 9.18 Å². The van der Waals surface area contributed by atoms with Crippen molar-refractivity contribution in [3.63, 3.8) is 0 Å². The molecule has 3 aromatic rings. The van der Waals surface area contributed by atoms with Gasteiger partial charge < -0.3 is 9.64 Å². The number of hydrogen-bond donors (Lipinski definition) is 1. The van der Waals surface area contributed by atoms with E-state index in [4.69, 9.17) is 4.74 Å². The van der Waals surface area contributed by atoms with Crippen LogP contribution in [0.5, 0.6) is 5.75 Å². The number of hydrogen-bond acceptors (Lipinski definition) is 4. The molecule has 6 nitrogen and oxygen atoms in total. The van der Waals surface area contributed by atoms with E-state index in [1.54, 1.807) is 6.20 Å². The molecule has 4 rings (SSSR count). The Hall–Kier alpha value is -3.22. The number of H-pyrrole nitrogens is 1. The van der Waals surface area contributed by atoms with Crippen LogP contribution in [0.2, 0.25) is 0 Å². The number of aromatic nitrogens is 3. The summed E-state index contributed by atoms with van der Waals surface area (Å²) in [6.07, 6.45) is 7.37. The molecular weight excluding hydrogens is 359 g/mol. The summed E-state index contributed by atoms with van der Waals surface area (Å²) in [4.78, 5) is 19.0. The van der Waals surface area contributed by atoms with Crippen LogP contribution >= 0.6 is 0 Å². The van der Waals surface area contributed by atoms with Crippen molar-refractivity contribution in [3.8, 4) is 16.9 Å². The summed E-state index contributed by atoms with van der Waals surface area (Å²) in [6, 6.07) is 9.73. The number of carbonyl (C=O) groups excluding carboxylic acids is 1. The third-order valence-electron chi connectivity index (χ3n) is 4.99. The minimum Gasteiger partial charge on any atom is -0.484 e. The third kappa shape index (κ3) is 4.19. The number of halogens is 1. The lowest BCUT2D eigenvalue weighted by Gasteiger charge is -2.32. The van der Waals surface area contributed by atoms with Gasteiger partial charge in [0.15, 0.2) is 6.61 Å². The van der Waals surface area contributed by atoms with Gasteiger partial charge in [0.05, 0.1) is 6.20 Å². The topological polar surface area (TPSA) is 71.1 Å². The zero-order valence-electron chi connectivity index (χ0n) is 15.3. The van der Waals surface area contributed by atoms with E-state index in [2.05, 4.69) is 15.2 Å². The van der Waals surface area contributed by atoms with Crippen molar-refractivity contribution in [2.24, 2.45) is 0 Å². The van der Waals surface area contributed by atoms with E-state index in [1.807, 2.05) is 29.4 Å². The first-order valence-electron chi connectivity index (χ1n) is 9.30. The number of amides is 1. The number of pyridine rings is 1. The third-order valence-corrected chi connectivity index (χ3v) is 4.99. The molecule has 0 radical (unpaired) electrons. The second kappa shape index (κ2) is 8.21. The van der Waals surface area contributed by atoms with Crippen molar-refractivity contribution < 1.29 is 13.9 Å². The second-order valence-corrected chi connectivity index (χ2v) is 6.88. The Balaban J connectivity index is 1.35. The molecule has 0 unspecified atom stereocenters. The first kappa shape index (κ1) is 18.2. The monoisotopic (exact) mass is 380 g/mol. The molecule has 1 aliphatic heterocycles. The van der Waals surface area contributed by atoms with Crippen LogP contribution in [0.3, 0.4) is 0 Å². The lowest BCUT2D eigenvalue weighted by molar-refractivity contribution is -0.134. The molecule has 0 bridgehead atoms. The minimum atomic E-state index is -0.330. The molecule has 1 fully saturated rings. The van der Waals surface area contributed by atoms with Crippen molar-refractivity contribution >= 4 is 5.91 Å². The summed E-state index contributed by atoms with van der Waals surface area (Å²) in [6.45, 7) is 1.30. The molecule has 7 heteroatoms. The molecule has 144 valence electrons. The maximum absolute atomic E-state index is 12.9. The van der Waals surface area contributed by atoms with Gasteiger partial charge in [-0.15, -0.1) is 0 Å². The molecule has 0 aliphatic carbocycles. The lowest BCUT2D eigenvalue weighted by Crippen LogP contribution is -2.41. The molecular formula is C21H21FN4O2. The van der Waals surface area contributed by atoms with E-state index >= 15 is 0 Å². The maximum atomic E-state index is 12.9. The Labute approximate surface area is 162 Å². The van der Waals surface area contributed by atoms with Gasteiger partial charge in [-0.1, -0.05) is 6.07 Å². The van der Waals surface area contributed by atoms with E-state index in [0.717, 1.165) is 36.2 Å². The van der Waals surface area contributed by atoms with Gasteiger partial charge in [-0.2, -0.15) is 5.10 Å². The summed E-state index contributed by atoms with van der Waals surface area (Å²) in [7, 11) is 0. The fourth-order valence-electron chi connectivity index (χ4n) is 3.44. The molecule has 2 aromatic heterocycles. The molecule has 1 N–H and O–H groups in total. The highest BCUT2D eigenvalue weighted by Crippen LogP contribution is 2.27. The molecule has 1 saturated heterocycles. The zero-order chi connectivity index (χ0) is 19.3. The van der Waals surface area contributed by atoms with Crippen LogP contribution in [0.25, 0.3) is 11.1 Å². The number of likely N-dealkylation sites (tertiary alicyclic amines) is 1. The Morgan fingerprint density at radius 1 is 1.18 bits per heavy atom. The van der Waals surface area contributed by atoms with Crippen molar-refractivity contribution in [2.45, 2.75) is 18.8 Å². The number of nitrogens with one attached hydrogen (secondary N) is 1. The van der Waals surface area contributed by atoms with Crippen molar-refractivity contribution in [3.05, 3.63) is 66.5 Å². The average Bonchev–Trinajstić information content (AvgIpc) is 3.28. The number of rotatable bonds is 5. The molecule has 1 aromatic carbocycles. The number of aromatic amines is 1. The number of benzene rings is 1. The predicted molar refractivity (Wildman–Crippen MR) is 102 cm³/mol. The van der Waals surface area contributed by atoms with Gasteiger partial charge in [-0.3, -0.25) is 14.9 Å². The minimum absolute atomic E-state index is 0.0504. The van der Waals surface area contributed by atoms with E-state index in [-0.39, 0.29) is 24.2 Å². The smallest absolute Gasteiger partial charge is 0.260 e. The molecule has 0 spiro atoms. The number of carbonyl (C=O) groups is 1. The van der Waals surface area contributed by atoms with Gasteiger partial charge in [-0.05, 0) is 43.2 Å². The van der Waals surface area contributed by atoms with E-state index in [1.165, 1.54) is 24.3 Å². The summed E-state index contributed by atoms with van der Waals surface area (Å²) in [5, 5.41) is 6.76. The molecule has 0 saturated carbocycles. The molecule has 1 atom stereocenters. The fourth-order valence-corrected chi connectivity index (χ4v) is 3.44. The zero-order valence-corrected chi connectivity index (χ0v) is 15.3. The summed E-state index contributed by atoms with van der Waals surface area (Å²) >= 11 is 0. The predicted octanol–water partition coefficient (Wildman–Crippen LogP) is 3.40. The Bertz CT molecular complexity index is 911. The summed E-state index contributed by atoms with van der Waals surface area (Å²) in [5.41, 5.74) is 3.00. The van der Waals surface area contributed by atoms with Crippen molar-refractivity contribution in [2.75, 3.05) is 19.7 Å². The van der Waals surface area contributed by atoms with Gasteiger partial charge >= 0.3 is 0 Å². The highest BCUT2D eigenvalue weighted by atomic mass is 19.1. The largest absolute Gasteiger partial charge is 0.484 e. The molecule has 3 heterocycles. The standard InChI is InChI=1S/C21H21FN4O2/c22-18-4-6-19(7-5-18)28-14-21(27)26-9-1-2-16(13-26)20-8-3-15(10-23-20)17-11-24-25-12-17/h3-8,10-12,16H,1-2,9,13-14H2,(H,24,25)/t16-/m1/s1. The fraction of sp³-hybridized carbons (Fsp3) is 0.286. The first-order valence-corrected chi connectivity index (χ1v) is 9.30. The highest BCUT2D eigenvalue weighted by molar-refractivity contribution is 5.78. The lowest BCUT2D eigenvalue weighted by atomic mass is 9.93. The second-order valence-electron chi connectivity index (χ2n) is 6.88. The van der Waals surface area contributed by atoms with Crippen LogP contribution in [0.15, 0.2) is 55.0 Å². The normalized spacial score (nSPS) is 16.8. The van der Waals surface area contributed by atoms with Crippen molar-refractivity contribution in [1.29, 1.82) is 0 Å².